The van der Waals surface area contributed by atoms with Crippen molar-refractivity contribution in [3.05, 3.63) is 41.4 Å². The SMILES string of the molecule is CC(C)c1csc(-c2cccc3c2nc(O[C@@H]2C[C@@H](C(N)=O)N(C(=O)[C@H](CCCCC/C=C\[C@@H]4C[C@@H]4C(=O)NS(=O)(=O)C4(C)CC4)NC(N)=S)C2)n3C(C)C)n1. The maximum Gasteiger partial charge on any atom is 0.297 e. The van der Waals surface area contributed by atoms with Crippen molar-refractivity contribution in [2.45, 2.75) is 127 Å². The van der Waals surface area contributed by atoms with E-state index in [1.807, 2.05) is 34.9 Å². The van der Waals surface area contributed by atoms with Gasteiger partial charge in [-0.25, -0.2) is 13.4 Å². The highest BCUT2D eigenvalue weighted by molar-refractivity contribution is 7.91. The molecule has 2 saturated carbocycles. The molecule has 56 heavy (non-hydrogen) atoms. The summed E-state index contributed by atoms with van der Waals surface area (Å²) in [6.07, 6.45) is 9.07. The third-order valence-corrected chi connectivity index (χ3v) is 14.3. The second-order valence-corrected chi connectivity index (χ2v) is 19.7. The molecule has 6 rings (SSSR count). The Balaban J connectivity index is 1.04. The number of fused-ring (bicyclic) bond motifs is 1. The van der Waals surface area contributed by atoms with Gasteiger partial charge in [-0.3, -0.25) is 23.7 Å². The summed E-state index contributed by atoms with van der Waals surface area (Å²) in [5.41, 5.74) is 15.3. The smallest absolute Gasteiger partial charge is 0.297 e. The number of thiocarbonyl (C=S) groups is 1. The Bertz CT molecular complexity index is 2110. The van der Waals surface area contributed by atoms with E-state index in [9.17, 15) is 22.8 Å². The summed E-state index contributed by atoms with van der Waals surface area (Å²) in [5.74, 6) is -1.32. The molecule has 6 N–H and O–H groups in total. The van der Waals surface area contributed by atoms with Crippen molar-refractivity contribution in [3.63, 3.8) is 0 Å². The first kappa shape index (κ1) is 41.5. The molecule has 3 amide bonds. The Hall–Kier alpha value is -4.09. The van der Waals surface area contributed by atoms with Gasteiger partial charge in [0.15, 0.2) is 5.11 Å². The van der Waals surface area contributed by atoms with Crippen LogP contribution in [-0.2, 0) is 24.4 Å². The topological polar surface area (TPSA) is 205 Å². The average Bonchev–Trinajstić information content (AvgIpc) is 3.88. The zero-order chi connectivity index (χ0) is 40.5. The maximum atomic E-state index is 14.0. The van der Waals surface area contributed by atoms with Gasteiger partial charge in [0.25, 0.3) is 6.01 Å². The van der Waals surface area contributed by atoms with Gasteiger partial charge in [-0.15, -0.1) is 11.3 Å². The quantitative estimate of drug-likeness (QED) is 0.0760. The summed E-state index contributed by atoms with van der Waals surface area (Å²) in [6.45, 7) is 10.1. The summed E-state index contributed by atoms with van der Waals surface area (Å²) in [7, 11) is -3.63. The lowest BCUT2D eigenvalue weighted by molar-refractivity contribution is -0.139. The number of primary amides is 1. The van der Waals surface area contributed by atoms with Gasteiger partial charge in [0.2, 0.25) is 27.7 Å². The van der Waals surface area contributed by atoms with Gasteiger partial charge in [0, 0.05) is 29.3 Å². The lowest BCUT2D eigenvalue weighted by atomic mass is 10.0. The van der Waals surface area contributed by atoms with Crippen molar-refractivity contribution in [1.82, 2.24) is 29.5 Å². The number of unbranched alkanes of at least 4 members (excludes halogenated alkanes) is 3. The molecule has 1 aromatic carbocycles. The van der Waals surface area contributed by atoms with E-state index in [1.165, 1.54) is 4.90 Å². The summed E-state index contributed by atoms with van der Waals surface area (Å²) in [6, 6.07) is 4.78. The van der Waals surface area contributed by atoms with Crippen molar-refractivity contribution in [3.8, 4) is 16.6 Å². The Labute approximate surface area is 338 Å². The van der Waals surface area contributed by atoms with Crippen LogP contribution in [0, 0.1) is 11.8 Å². The number of nitrogens with one attached hydrogen (secondary N) is 2. The van der Waals surface area contributed by atoms with Crippen LogP contribution in [0.1, 0.15) is 110 Å². The van der Waals surface area contributed by atoms with Crippen molar-refractivity contribution in [2.24, 2.45) is 23.3 Å². The molecule has 1 aliphatic heterocycles. The fourth-order valence-electron chi connectivity index (χ4n) is 7.26. The molecule has 1 saturated heterocycles. The van der Waals surface area contributed by atoms with Gasteiger partial charge >= 0.3 is 0 Å². The van der Waals surface area contributed by atoms with Gasteiger partial charge < -0.3 is 26.4 Å². The van der Waals surface area contributed by atoms with E-state index in [4.69, 9.17) is 38.4 Å². The molecule has 0 bridgehead atoms. The number of nitrogens with two attached hydrogens (primary N) is 2. The van der Waals surface area contributed by atoms with E-state index < -0.39 is 44.8 Å². The zero-order valence-corrected chi connectivity index (χ0v) is 35.1. The van der Waals surface area contributed by atoms with Crippen LogP contribution in [-0.4, -0.2) is 80.2 Å². The molecule has 304 valence electrons. The molecule has 3 fully saturated rings. The molecule has 5 atom stereocenters. The fraction of sp³-hybridized carbons (Fsp3) is 0.590. The highest BCUT2D eigenvalue weighted by Gasteiger charge is 2.52. The lowest BCUT2D eigenvalue weighted by Gasteiger charge is -2.27. The molecule has 3 aromatic rings. The van der Waals surface area contributed by atoms with E-state index in [1.54, 1.807) is 18.3 Å². The number of carbonyl (C=O) groups is 3. The summed E-state index contributed by atoms with van der Waals surface area (Å²) in [4.78, 5) is 50.5. The third-order valence-electron chi connectivity index (χ3n) is 11.1. The van der Waals surface area contributed by atoms with Crippen molar-refractivity contribution in [1.29, 1.82) is 0 Å². The van der Waals surface area contributed by atoms with Crippen LogP contribution < -0.4 is 26.2 Å². The number of benzene rings is 1. The van der Waals surface area contributed by atoms with Crippen LogP contribution in [0.15, 0.2) is 35.7 Å². The Morgan fingerprint density at radius 2 is 1.86 bits per heavy atom. The number of para-hydroxylation sites is 1. The number of rotatable bonds is 18. The first-order valence-electron chi connectivity index (χ1n) is 19.5. The largest absolute Gasteiger partial charge is 0.459 e. The highest BCUT2D eigenvalue weighted by Crippen LogP contribution is 2.44. The number of imidazole rings is 1. The molecule has 17 heteroatoms. The van der Waals surface area contributed by atoms with Gasteiger partial charge in [-0.05, 0) is 95.5 Å². The molecule has 0 radical (unpaired) electrons. The second kappa shape index (κ2) is 16.8. The number of amides is 3. The van der Waals surface area contributed by atoms with Crippen LogP contribution >= 0.6 is 23.6 Å². The van der Waals surface area contributed by atoms with Gasteiger partial charge in [-0.2, -0.15) is 4.98 Å². The van der Waals surface area contributed by atoms with E-state index in [0.29, 0.717) is 44.0 Å². The molecular formula is C39H54N8O6S3. The van der Waals surface area contributed by atoms with Gasteiger partial charge in [0.05, 0.1) is 22.5 Å². The first-order valence-corrected chi connectivity index (χ1v) is 22.3. The number of nitrogens with zero attached hydrogens (tertiary/aromatic N) is 4. The summed E-state index contributed by atoms with van der Waals surface area (Å²) in [5, 5.41) is 5.87. The molecule has 3 heterocycles. The maximum absolute atomic E-state index is 14.0. The average molecular weight is 827 g/mol. The fourth-order valence-corrected chi connectivity index (χ4v) is 9.71. The zero-order valence-electron chi connectivity index (χ0n) is 32.7. The van der Waals surface area contributed by atoms with Crippen LogP contribution in [0.2, 0.25) is 0 Å². The Morgan fingerprint density at radius 3 is 2.50 bits per heavy atom. The predicted octanol–water partition coefficient (Wildman–Crippen LogP) is 5.04. The lowest BCUT2D eigenvalue weighted by Crippen LogP contribution is -2.53. The van der Waals surface area contributed by atoms with E-state index in [2.05, 4.69) is 43.1 Å². The molecule has 14 nitrogen and oxygen atoms in total. The van der Waals surface area contributed by atoms with E-state index in [0.717, 1.165) is 46.6 Å². The number of allylic oxidation sites excluding steroid dienone is 2. The number of hydrogen-bond acceptors (Lipinski definition) is 10. The molecule has 2 aromatic heterocycles. The van der Waals surface area contributed by atoms with Crippen LogP contribution in [0.5, 0.6) is 6.01 Å². The minimum Gasteiger partial charge on any atom is -0.459 e. The molecular weight excluding hydrogens is 773 g/mol. The number of aromatic nitrogens is 3. The minimum atomic E-state index is -3.63. The number of carbonyl (C=O) groups excluding carboxylic acids is 3. The number of ether oxygens (including phenoxy) is 1. The monoisotopic (exact) mass is 826 g/mol. The molecule has 0 unspecified atom stereocenters. The highest BCUT2D eigenvalue weighted by atomic mass is 32.2. The van der Waals surface area contributed by atoms with E-state index >= 15 is 0 Å². The summed E-state index contributed by atoms with van der Waals surface area (Å²) < 4.78 is 34.8. The third kappa shape index (κ3) is 9.20. The first-order chi connectivity index (χ1) is 26.5. The summed E-state index contributed by atoms with van der Waals surface area (Å²) >= 11 is 6.71. The van der Waals surface area contributed by atoms with E-state index in [-0.39, 0.29) is 41.9 Å². The number of hydrogen-bond donors (Lipinski definition) is 4. The van der Waals surface area contributed by atoms with Crippen LogP contribution in [0.3, 0.4) is 0 Å². The number of thiazole rings is 1. The number of likely N-dealkylation sites (tertiary alicyclic amines) is 1. The van der Waals surface area contributed by atoms with Crippen LogP contribution in [0.4, 0.5) is 0 Å². The Kier molecular flexibility index (Phi) is 12.5. The van der Waals surface area contributed by atoms with Crippen molar-refractivity contribution in [2.75, 3.05) is 6.54 Å². The second-order valence-electron chi connectivity index (χ2n) is 16.2. The number of sulfonamides is 1. The molecule has 3 aliphatic rings. The predicted molar refractivity (Wildman–Crippen MR) is 221 cm³/mol. The standard InChI is InChI=1S/C39H54N8O6S3/c1-22(2)29-21-55-35(42-29)26-13-11-15-30-32(26)44-38(47(30)23(3)4)53-25-19-31(33(40)48)46(20-25)36(50)28(43-37(41)54)14-10-8-6-7-9-12-24-18-27(24)34(49)45-56(51,52)39(5)16-17-39/h9,11-13,15,21-25,27-28,31H,6-8,10,14,16-20H2,1-5H3,(H2,40,48)(H,45,49)(H3,41,43,54)/b12-9-/t24-,25-,27+,28+,31+/m1/s1. The van der Waals surface area contributed by atoms with Crippen LogP contribution in [0.25, 0.3) is 21.6 Å². The Morgan fingerprint density at radius 1 is 1.11 bits per heavy atom. The van der Waals surface area contributed by atoms with Gasteiger partial charge in [0.1, 0.15) is 28.7 Å². The normalized spacial score (nSPS) is 22.2. The van der Waals surface area contributed by atoms with Gasteiger partial charge in [-0.1, -0.05) is 44.9 Å². The van der Waals surface area contributed by atoms with Crippen molar-refractivity contribution >= 4 is 67.4 Å². The molecule has 0 spiro atoms. The molecule has 2 aliphatic carbocycles. The van der Waals surface area contributed by atoms with Crippen molar-refractivity contribution < 1.29 is 27.5 Å². The minimum absolute atomic E-state index is 0.00664.